The molecule has 2 aliphatic rings. The van der Waals surface area contributed by atoms with Crippen molar-refractivity contribution < 1.29 is 27.1 Å². The summed E-state index contributed by atoms with van der Waals surface area (Å²) < 4.78 is 65.3. The lowest BCUT2D eigenvalue weighted by Gasteiger charge is -2.32. The number of piperidine rings is 1. The van der Waals surface area contributed by atoms with Gasteiger partial charge in [-0.1, -0.05) is 74.5 Å². The van der Waals surface area contributed by atoms with E-state index in [4.69, 9.17) is 4.74 Å². The van der Waals surface area contributed by atoms with Crippen LogP contribution >= 0.6 is 0 Å². The fraction of sp³-hybridized carbons (Fsp3) is 0.444. The molecule has 2 fully saturated rings. The molecule has 10 heteroatoms. The Hall–Kier alpha value is -4.41. The summed E-state index contributed by atoms with van der Waals surface area (Å²) in [4.78, 5) is 15.8. The van der Waals surface area contributed by atoms with E-state index in [1.54, 1.807) is 73.6 Å². The number of ether oxygens (including phenoxy) is 1. The molecule has 0 aliphatic carbocycles. The lowest BCUT2D eigenvalue weighted by Crippen LogP contribution is -2.42. The van der Waals surface area contributed by atoms with Gasteiger partial charge in [-0.25, -0.2) is 4.39 Å². The second-order valence-corrected chi connectivity index (χ2v) is 14.2. The molecule has 1 unspecified atom stereocenters. The van der Waals surface area contributed by atoms with Gasteiger partial charge in [0.2, 0.25) is 5.91 Å². The van der Waals surface area contributed by atoms with Gasteiger partial charge in [-0.05, 0) is 104 Å². The Labute approximate surface area is 325 Å². The molecule has 0 bridgehead atoms. The first-order valence-corrected chi connectivity index (χ1v) is 19.6. The van der Waals surface area contributed by atoms with Crippen LogP contribution in [0.3, 0.4) is 0 Å². The summed E-state index contributed by atoms with van der Waals surface area (Å²) in [6.45, 7) is 8.77. The van der Waals surface area contributed by atoms with E-state index in [9.17, 15) is 18.0 Å². The third kappa shape index (κ3) is 13.7. The predicted octanol–water partition coefficient (Wildman–Crippen LogP) is 10.7. The van der Waals surface area contributed by atoms with Gasteiger partial charge in [0.1, 0.15) is 12.1 Å². The standard InChI is InChI=1S/C45H58F4N4O2/c1-6-15-36(50-37-25-28-53(29-26-37)27-14-20-43(54)52(4)5)23-21-33(8-3)44(39(32-45(47,48)49)34-17-10-9-11-18-34)35-22-24-41(38(31-35)40(46)16-7-2)51-42-19-12-13-30-55-42/h8-11,14-18,20-24,31,37,42,50-51H,6-7,12-13,19,25-30,32H2,1-5H3/b20-14+,23-21-,33-8+,36-15-,40-16-,44-39+. The molecule has 0 aromatic heterocycles. The van der Waals surface area contributed by atoms with E-state index in [0.717, 1.165) is 57.3 Å². The minimum atomic E-state index is -4.50. The van der Waals surface area contributed by atoms with Crippen molar-refractivity contribution in [2.45, 2.75) is 90.6 Å². The van der Waals surface area contributed by atoms with E-state index in [2.05, 4.69) is 21.6 Å². The summed E-state index contributed by atoms with van der Waals surface area (Å²) in [5.41, 5.74) is 3.71. The normalized spacial score (nSPS) is 18.9. The first kappa shape index (κ1) is 43.3. The summed E-state index contributed by atoms with van der Waals surface area (Å²) in [7, 11) is 3.46. The number of carbonyl (C=O) groups excluding carboxylic acids is 1. The summed E-state index contributed by atoms with van der Waals surface area (Å²) in [5, 5.41) is 7.02. The second kappa shape index (κ2) is 21.6. The van der Waals surface area contributed by atoms with Crippen LogP contribution in [0.2, 0.25) is 0 Å². The number of nitrogens with zero attached hydrogens (tertiary/aromatic N) is 2. The molecule has 298 valence electrons. The molecule has 4 rings (SSSR count). The lowest BCUT2D eigenvalue weighted by atomic mass is 9.86. The van der Waals surface area contributed by atoms with Crippen LogP contribution in [0.4, 0.5) is 23.2 Å². The highest BCUT2D eigenvalue weighted by Crippen LogP contribution is 2.42. The molecule has 1 amide bonds. The SMILES string of the molecule is C/C=C(\C=C/C(=C/CC)NC1CCN(C/C=C/C(=O)N(C)C)CC1)C(=C(/CC(F)(F)F)c1ccccc1)/c1ccc(NC2CCCCO2)c(/C(F)=C/CC)c1. The smallest absolute Gasteiger partial charge is 0.382 e. The van der Waals surface area contributed by atoms with Gasteiger partial charge in [-0.15, -0.1) is 0 Å². The number of hydrogen-bond acceptors (Lipinski definition) is 5. The molecule has 2 saturated heterocycles. The van der Waals surface area contributed by atoms with E-state index < -0.39 is 18.4 Å². The van der Waals surface area contributed by atoms with Gasteiger partial charge in [-0.2, -0.15) is 13.2 Å². The molecule has 2 aromatic carbocycles. The third-order valence-corrected chi connectivity index (χ3v) is 9.74. The summed E-state index contributed by atoms with van der Waals surface area (Å²) >= 11 is 0. The van der Waals surface area contributed by atoms with Crippen LogP contribution in [0.15, 0.2) is 102 Å². The highest BCUT2D eigenvalue weighted by atomic mass is 19.4. The van der Waals surface area contributed by atoms with Crippen LogP contribution in [0.1, 0.15) is 88.8 Å². The molecular formula is C45H58F4N4O2. The van der Waals surface area contributed by atoms with E-state index in [-0.39, 0.29) is 29.3 Å². The van der Waals surface area contributed by atoms with Crippen LogP contribution in [0, 0.1) is 0 Å². The van der Waals surface area contributed by atoms with Crippen LogP contribution in [0.5, 0.6) is 0 Å². The zero-order chi connectivity index (χ0) is 39.8. The van der Waals surface area contributed by atoms with Gasteiger partial charge in [0.15, 0.2) is 0 Å². The highest BCUT2D eigenvalue weighted by molar-refractivity contribution is 6.00. The monoisotopic (exact) mass is 762 g/mol. The quantitative estimate of drug-likeness (QED) is 0.0772. The molecule has 2 N–H and O–H groups in total. The molecule has 0 radical (unpaired) electrons. The first-order chi connectivity index (χ1) is 26.4. The Bertz CT molecular complexity index is 1730. The topological polar surface area (TPSA) is 56.8 Å². The maximum absolute atomic E-state index is 15.9. The number of amides is 1. The number of likely N-dealkylation sites (N-methyl/N-ethyl adjacent to an activating group) is 1. The van der Waals surface area contributed by atoms with Gasteiger partial charge in [0.05, 0.1) is 6.42 Å². The zero-order valence-corrected chi connectivity index (χ0v) is 33.0. The predicted molar refractivity (Wildman–Crippen MR) is 219 cm³/mol. The number of allylic oxidation sites excluding steroid dienone is 8. The number of benzene rings is 2. The largest absolute Gasteiger partial charge is 0.393 e. The molecular weight excluding hydrogens is 705 g/mol. The van der Waals surface area contributed by atoms with Crippen LogP contribution in [-0.4, -0.2) is 74.5 Å². The van der Waals surface area contributed by atoms with E-state index in [1.165, 1.54) is 6.08 Å². The number of carbonyl (C=O) groups is 1. The number of likely N-dealkylation sites (tertiary alicyclic amines) is 1. The summed E-state index contributed by atoms with van der Waals surface area (Å²) in [5.74, 6) is -0.483. The van der Waals surface area contributed by atoms with Crippen molar-refractivity contribution in [3.05, 3.63) is 119 Å². The molecule has 1 atom stereocenters. The lowest BCUT2D eigenvalue weighted by molar-refractivity contribution is -0.124. The van der Waals surface area contributed by atoms with Crippen molar-refractivity contribution in [1.82, 2.24) is 15.1 Å². The number of anilines is 1. The number of rotatable bonds is 16. The number of hydrogen-bond donors (Lipinski definition) is 2. The van der Waals surface area contributed by atoms with Gasteiger partial charge in [0.25, 0.3) is 0 Å². The number of nitrogens with one attached hydrogen (secondary N) is 2. The fourth-order valence-electron chi connectivity index (χ4n) is 6.88. The van der Waals surface area contributed by atoms with Crippen molar-refractivity contribution in [1.29, 1.82) is 0 Å². The molecule has 55 heavy (non-hydrogen) atoms. The average molecular weight is 763 g/mol. The van der Waals surface area contributed by atoms with Crippen molar-refractivity contribution in [3.63, 3.8) is 0 Å². The maximum atomic E-state index is 15.9. The van der Waals surface area contributed by atoms with E-state index in [0.29, 0.717) is 47.5 Å². The van der Waals surface area contributed by atoms with Gasteiger partial charge < -0.3 is 20.3 Å². The van der Waals surface area contributed by atoms with Crippen molar-refractivity contribution in [2.24, 2.45) is 0 Å². The van der Waals surface area contributed by atoms with Crippen LogP contribution < -0.4 is 10.6 Å². The summed E-state index contributed by atoms with van der Waals surface area (Å²) in [6, 6.07) is 14.0. The second-order valence-electron chi connectivity index (χ2n) is 14.2. The van der Waals surface area contributed by atoms with E-state index in [1.807, 2.05) is 45.1 Å². The van der Waals surface area contributed by atoms with E-state index >= 15 is 4.39 Å². The first-order valence-electron chi connectivity index (χ1n) is 19.6. The molecule has 2 heterocycles. The number of alkyl halides is 3. The van der Waals surface area contributed by atoms with Crippen molar-refractivity contribution in [2.75, 3.05) is 45.7 Å². The van der Waals surface area contributed by atoms with Crippen LogP contribution in [-0.2, 0) is 9.53 Å². The average Bonchev–Trinajstić information content (AvgIpc) is 3.17. The molecule has 2 aromatic rings. The summed E-state index contributed by atoms with van der Waals surface area (Å²) in [6.07, 6.45) is 12.5. The van der Waals surface area contributed by atoms with Crippen LogP contribution in [0.25, 0.3) is 17.0 Å². The minimum absolute atomic E-state index is 0.0369. The molecule has 2 aliphatic heterocycles. The Balaban J connectivity index is 1.72. The number of halogens is 4. The Morgan fingerprint density at radius 3 is 2.29 bits per heavy atom. The Kier molecular flexibility index (Phi) is 17.0. The van der Waals surface area contributed by atoms with Crippen molar-refractivity contribution >= 4 is 28.6 Å². The molecule has 6 nitrogen and oxygen atoms in total. The maximum Gasteiger partial charge on any atom is 0.393 e. The highest BCUT2D eigenvalue weighted by Gasteiger charge is 2.32. The zero-order valence-electron chi connectivity index (χ0n) is 33.0. The molecule has 0 saturated carbocycles. The van der Waals surface area contributed by atoms with Gasteiger partial charge in [-0.3, -0.25) is 9.69 Å². The van der Waals surface area contributed by atoms with Crippen molar-refractivity contribution in [3.8, 4) is 0 Å². The van der Waals surface area contributed by atoms with Gasteiger partial charge >= 0.3 is 6.18 Å². The fourth-order valence-corrected chi connectivity index (χ4v) is 6.88. The molecule has 0 spiro atoms. The van der Waals surface area contributed by atoms with Gasteiger partial charge in [0, 0.05) is 69.4 Å². The third-order valence-electron chi connectivity index (χ3n) is 9.74. The Morgan fingerprint density at radius 1 is 0.945 bits per heavy atom. The Morgan fingerprint density at radius 2 is 1.67 bits per heavy atom. The minimum Gasteiger partial charge on any atom is -0.382 e.